The van der Waals surface area contributed by atoms with E-state index in [1.165, 1.54) is 0 Å². The number of aromatic nitrogens is 8. The van der Waals surface area contributed by atoms with E-state index >= 15 is 0 Å². The topological polar surface area (TPSA) is 269 Å². The van der Waals surface area contributed by atoms with Gasteiger partial charge in [0.25, 0.3) is 34.4 Å². The molecule has 4 aromatic heterocycles. The first-order valence-electron chi connectivity index (χ1n) is 44.1. The van der Waals surface area contributed by atoms with E-state index in [4.69, 9.17) is 78.2 Å². The van der Waals surface area contributed by atoms with Gasteiger partial charge in [-0.15, -0.1) is 0 Å². The molecule has 3 aliphatic rings. The van der Waals surface area contributed by atoms with Gasteiger partial charge in [-0.3, -0.25) is 66.9 Å². The number of hydrogen-bond donors (Lipinski definition) is 0. The van der Waals surface area contributed by atoms with Crippen LogP contribution in [0.1, 0.15) is 94.3 Å². The highest BCUT2D eigenvalue weighted by molar-refractivity contribution is 6.31. The molecule has 0 atom stereocenters. The SMILES string of the molecule is CC(C)Oc1ccccc1-n1c(CN2CCN(C(=O)COc3ccc(Cl)cc3)CC2)nc2ccc(C=O)cc2c1=O.CC(C)Oc1ccccc1-n1c(CN2CCN(C(=O)COc3ccc(Cl)cc3)CC2)nc2ccc(Cn3ccnc3)cc2c1=O.CCN(CC)Cc1ccc2nc(CN3CCN(C(=O)COc4ccc(Cl)cc4)CC3)n(-c3ccccc3OC(C)C)c(=O)c2c1. The fourth-order valence-electron chi connectivity index (χ4n) is 15.8. The fourth-order valence-corrected chi connectivity index (χ4v) is 16.2. The molecule has 0 unspecified atom stereocenters. The van der Waals surface area contributed by atoms with E-state index in [-0.39, 0.29) is 72.5 Å². The molecule has 0 N–H and O–H groups in total. The van der Waals surface area contributed by atoms with Crippen LogP contribution in [0.3, 0.4) is 0 Å². The lowest BCUT2D eigenvalue weighted by Crippen LogP contribution is -2.50. The Hall–Kier alpha value is -12.8. The molecular weight excluding hydrogens is 1730 g/mol. The minimum absolute atomic E-state index is 0.0314. The van der Waals surface area contributed by atoms with Crippen LogP contribution in [0.2, 0.25) is 15.1 Å². The van der Waals surface area contributed by atoms with E-state index in [9.17, 15) is 33.6 Å². The maximum atomic E-state index is 14.3. The Balaban J connectivity index is 0.000000159. The summed E-state index contributed by atoms with van der Waals surface area (Å²) in [6, 6.07) is 60.1. The summed E-state index contributed by atoms with van der Waals surface area (Å²) >= 11 is 17.8. The molecule has 28 nitrogen and oxygen atoms in total. The maximum absolute atomic E-state index is 14.3. The fraction of sp³-hybridized carbons (Fsp3) is 0.330. The first-order valence-corrected chi connectivity index (χ1v) is 45.3. The Kier molecular flexibility index (Phi) is 32.2. The van der Waals surface area contributed by atoms with Crippen LogP contribution >= 0.6 is 34.8 Å². The lowest BCUT2D eigenvalue weighted by molar-refractivity contribution is -0.135. The van der Waals surface area contributed by atoms with Crippen molar-refractivity contribution in [3.8, 4) is 51.6 Å². The first-order chi connectivity index (χ1) is 63.4. The third kappa shape index (κ3) is 24.6. The molecule has 31 heteroatoms. The monoisotopic (exact) mass is 1830 g/mol. The number of halogens is 3. The predicted octanol–water partition coefficient (Wildman–Crippen LogP) is 14.5. The number of carbonyl (C=O) groups is 4. The second-order valence-corrected chi connectivity index (χ2v) is 34.2. The second kappa shape index (κ2) is 44.7. The first kappa shape index (κ1) is 94.3. The van der Waals surface area contributed by atoms with Crippen molar-refractivity contribution < 1.29 is 47.6 Å². The standard InChI is InChI=1S/C35H42ClN5O4.C34H35ClN6O4.C31H31ClN4O5/c1-5-38(6-2)22-26-11-16-30-29(21-26)35(43)41(31-9-7-8-10-32(31)45-25(3)4)33(37-30)23-39-17-19-40(20-18-39)34(42)24-44-28-14-12-27(36)13-15-28;1-24(2)45-31-6-4-3-5-30(31)41-32(37-29-12-7-25(19-28(29)34(41)43)20-39-14-13-36-23-39)21-38-15-17-40(18-16-38)33(42)22-44-27-10-8-26(35)9-11-27;1-21(2)41-28-6-4-3-5-27(28)36-29(33-26-12-7-22(19-37)17-25(26)31(36)39)18-34-13-15-35(16-14-34)30(38)20-40-24-10-8-23(32)9-11-24/h7-16,21,25H,5-6,17-20,22-24H2,1-4H3;3-14,19,23-24H,15-18,20-22H2,1-2H3;3-12,17,19,21H,13-16,18,20H2,1-2H3. The summed E-state index contributed by atoms with van der Waals surface area (Å²) in [6.45, 7) is 27.4. The zero-order valence-electron chi connectivity index (χ0n) is 74.8. The van der Waals surface area contributed by atoms with Crippen molar-refractivity contribution in [2.45, 2.75) is 106 Å². The van der Waals surface area contributed by atoms with Gasteiger partial charge in [0.1, 0.15) is 58.3 Å². The number of fused-ring (bicyclic) bond motifs is 3. The molecule has 13 aromatic rings. The third-order valence-electron chi connectivity index (χ3n) is 22.5. The van der Waals surface area contributed by atoms with Crippen LogP contribution in [0.5, 0.6) is 34.5 Å². The number of ether oxygens (including phenoxy) is 6. The number of rotatable bonds is 31. The number of piperazine rings is 3. The van der Waals surface area contributed by atoms with E-state index in [0.717, 1.165) is 30.8 Å². The highest BCUT2D eigenvalue weighted by Gasteiger charge is 2.30. The summed E-state index contributed by atoms with van der Waals surface area (Å²) in [7, 11) is 0. The number of carbonyl (C=O) groups excluding carboxylic acids is 4. The van der Waals surface area contributed by atoms with Crippen LogP contribution < -0.4 is 45.1 Å². The van der Waals surface area contributed by atoms with Gasteiger partial charge in [-0.05, 0) is 217 Å². The van der Waals surface area contributed by atoms with Gasteiger partial charge in [0, 0.05) is 125 Å². The Labute approximate surface area is 775 Å². The van der Waals surface area contributed by atoms with Gasteiger partial charge in [-0.2, -0.15) is 0 Å². The lowest BCUT2D eigenvalue weighted by Gasteiger charge is -2.34. The molecule has 0 aliphatic carbocycles. The average Bonchev–Trinajstić information content (AvgIpc) is 1.73. The second-order valence-electron chi connectivity index (χ2n) is 32.9. The van der Waals surface area contributed by atoms with Crippen molar-refractivity contribution in [2.24, 2.45) is 0 Å². The predicted molar refractivity (Wildman–Crippen MR) is 509 cm³/mol. The summed E-state index contributed by atoms with van der Waals surface area (Å²) in [5.74, 6) is 5.17. The van der Waals surface area contributed by atoms with E-state index < -0.39 is 0 Å². The van der Waals surface area contributed by atoms with Gasteiger partial charge in [0.15, 0.2) is 19.8 Å². The molecule has 0 bridgehead atoms. The van der Waals surface area contributed by atoms with Crippen LogP contribution in [0.25, 0.3) is 49.8 Å². The van der Waals surface area contributed by atoms with E-state index in [2.05, 4.69) is 44.5 Å². The van der Waals surface area contributed by atoms with E-state index in [1.54, 1.807) is 127 Å². The molecule has 3 amide bonds. The number of amides is 3. The quantitative estimate of drug-likeness (QED) is 0.0365. The van der Waals surface area contributed by atoms with E-state index in [0.29, 0.717) is 233 Å². The van der Waals surface area contributed by atoms with Gasteiger partial charge in [-0.1, -0.05) is 97.2 Å². The number of hydrogen-bond acceptors (Lipinski definition) is 21. The van der Waals surface area contributed by atoms with Gasteiger partial charge >= 0.3 is 0 Å². The molecule has 0 radical (unpaired) electrons. The molecule has 0 saturated carbocycles. The summed E-state index contributed by atoms with van der Waals surface area (Å²) in [5.41, 5.74) is 5.63. The zero-order valence-corrected chi connectivity index (χ0v) is 77.1. The van der Waals surface area contributed by atoms with Crippen molar-refractivity contribution in [3.63, 3.8) is 0 Å². The Morgan fingerprint density at radius 1 is 0.405 bits per heavy atom. The van der Waals surface area contributed by atoms with Crippen LogP contribution in [0.4, 0.5) is 0 Å². The Bertz CT molecular complexity index is 6310. The van der Waals surface area contributed by atoms with Crippen LogP contribution in [0.15, 0.2) is 233 Å². The number of imidazole rings is 1. The van der Waals surface area contributed by atoms with Crippen molar-refractivity contribution in [1.82, 2.24) is 72.5 Å². The van der Waals surface area contributed by atoms with Gasteiger partial charge in [-0.25, -0.2) is 19.9 Å². The molecule has 3 saturated heterocycles. The molecule has 682 valence electrons. The van der Waals surface area contributed by atoms with Crippen molar-refractivity contribution in [2.75, 3.05) is 111 Å². The molecule has 131 heavy (non-hydrogen) atoms. The summed E-state index contributed by atoms with van der Waals surface area (Å²) in [6.07, 6.45) is 5.86. The molecule has 16 rings (SSSR count). The summed E-state index contributed by atoms with van der Waals surface area (Å²) in [5, 5.41) is 3.31. The Morgan fingerprint density at radius 3 is 1.06 bits per heavy atom. The molecule has 9 aromatic carbocycles. The van der Waals surface area contributed by atoms with Crippen molar-refractivity contribution >= 4 is 91.5 Å². The maximum Gasteiger partial charge on any atom is 0.266 e. The van der Waals surface area contributed by atoms with Crippen LogP contribution in [-0.4, -0.2) is 226 Å². The number of benzene rings is 9. The van der Waals surface area contributed by atoms with Gasteiger partial charge < -0.3 is 47.7 Å². The highest BCUT2D eigenvalue weighted by Crippen LogP contribution is 2.32. The Morgan fingerprint density at radius 2 is 0.733 bits per heavy atom. The van der Waals surface area contributed by atoms with Crippen molar-refractivity contribution in [1.29, 1.82) is 0 Å². The number of nitrogens with zero attached hydrogens (tertiary/aromatic N) is 15. The number of aldehydes is 1. The lowest BCUT2D eigenvalue weighted by atomic mass is 10.1. The van der Waals surface area contributed by atoms with Crippen molar-refractivity contribution in [3.05, 3.63) is 299 Å². The minimum atomic E-state index is -0.276. The molecule has 3 fully saturated rings. The third-order valence-corrected chi connectivity index (χ3v) is 23.3. The van der Waals surface area contributed by atoms with Gasteiger partial charge in [0.2, 0.25) is 0 Å². The normalized spacial score (nSPS) is 13.9. The average molecular weight is 1830 g/mol. The molecular formula is C100H108Cl3N15O13. The minimum Gasteiger partial charge on any atom is -0.489 e. The van der Waals surface area contributed by atoms with Crippen LogP contribution in [0, 0.1) is 0 Å². The van der Waals surface area contributed by atoms with E-state index in [1.807, 2.05) is 160 Å². The highest BCUT2D eigenvalue weighted by atomic mass is 35.5. The summed E-state index contributed by atoms with van der Waals surface area (Å²) in [4.78, 5) is 126. The molecule has 7 heterocycles. The summed E-state index contributed by atoms with van der Waals surface area (Å²) < 4.78 is 42.2. The molecule has 0 spiro atoms. The van der Waals surface area contributed by atoms with Crippen LogP contribution in [-0.2, 0) is 47.1 Å². The smallest absolute Gasteiger partial charge is 0.266 e. The van der Waals surface area contributed by atoms with Gasteiger partial charge in [0.05, 0.1) is 94.0 Å². The number of para-hydroxylation sites is 6. The molecule has 3 aliphatic heterocycles. The zero-order chi connectivity index (χ0) is 92.2. The largest absolute Gasteiger partial charge is 0.489 e.